The third-order valence-corrected chi connectivity index (χ3v) is 2.05. The first-order valence-corrected chi connectivity index (χ1v) is 3.85. The molecule has 0 fully saturated rings. The Morgan fingerprint density at radius 2 is 2.09 bits per heavy atom. The number of hydrogen-bond acceptors (Lipinski definition) is 1. The van der Waals surface area contributed by atoms with Crippen molar-refractivity contribution in [3.05, 3.63) is 28.4 Å². The smallest absolute Gasteiger partial charge is 0.127 e. The predicted octanol–water partition coefficient (Wildman–Crippen LogP) is 2.53. The third-order valence-electron chi connectivity index (χ3n) is 1.73. The second-order valence-corrected chi connectivity index (χ2v) is 3.04. The summed E-state index contributed by atoms with van der Waals surface area (Å²) in [7, 11) is 0. The Balaban J connectivity index is 2.99. The second kappa shape index (κ2) is 2.20. The number of hydrogen-bond donors (Lipinski definition) is 2. The maximum Gasteiger partial charge on any atom is 0.127 e. The van der Waals surface area contributed by atoms with Gasteiger partial charge in [0.1, 0.15) is 4.64 Å². The van der Waals surface area contributed by atoms with E-state index >= 15 is 0 Å². The number of aromatic nitrogens is 2. The van der Waals surface area contributed by atoms with Crippen LogP contribution < -0.4 is 0 Å². The van der Waals surface area contributed by atoms with Gasteiger partial charge < -0.3 is 0 Å². The molecule has 0 aliphatic heterocycles. The molecule has 0 saturated carbocycles. The van der Waals surface area contributed by atoms with Gasteiger partial charge in [0.25, 0.3) is 0 Å². The van der Waals surface area contributed by atoms with E-state index in [0.29, 0.717) is 0 Å². The van der Waals surface area contributed by atoms with Crippen molar-refractivity contribution in [1.82, 2.24) is 10.2 Å². The molecule has 1 heterocycles. The molecule has 0 amide bonds. The molecule has 0 spiro atoms. The van der Waals surface area contributed by atoms with Crippen LogP contribution in [0.5, 0.6) is 0 Å². The quantitative estimate of drug-likeness (QED) is 0.576. The van der Waals surface area contributed by atoms with E-state index < -0.39 is 0 Å². The average molecular weight is 164 g/mol. The molecule has 0 saturated heterocycles. The first kappa shape index (κ1) is 6.61. The van der Waals surface area contributed by atoms with Crippen LogP contribution in [0.15, 0.2) is 18.2 Å². The third kappa shape index (κ3) is 0.973. The summed E-state index contributed by atoms with van der Waals surface area (Å²) in [6, 6.07) is 6.16. The van der Waals surface area contributed by atoms with E-state index in [9.17, 15) is 0 Å². The maximum absolute atomic E-state index is 5.06. The Morgan fingerprint density at radius 3 is 2.91 bits per heavy atom. The molecule has 1 aromatic carbocycles. The highest BCUT2D eigenvalue weighted by Gasteiger charge is 1.95. The predicted molar refractivity (Wildman–Crippen MR) is 48.2 cm³/mol. The summed E-state index contributed by atoms with van der Waals surface area (Å²) in [6.07, 6.45) is 0. The molecule has 0 aliphatic carbocycles. The molecule has 2 N–H and O–H groups in total. The zero-order valence-corrected chi connectivity index (χ0v) is 6.96. The van der Waals surface area contributed by atoms with Crippen LogP contribution in [0.3, 0.4) is 0 Å². The fourth-order valence-electron chi connectivity index (χ4n) is 1.15. The molecule has 2 aromatic rings. The van der Waals surface area contributed by atoms with Gasteiger partial charge in [0.05, 0.1) is 5.52 Å². The summed E-state index contributed by atoms with van der Waals surface area (Å²) in [5, 5.41) is 6.98. The minimum Gasteiger partial charge on any atom is -0.299 e. The van der Waals surface area contributed by atoms with Crippen LogP contribution in [0.25, 0.3) is 10.9 Å². The number of nitrogens with one attached hydrogen (secondary N) is 2. The number of benzene rings is 1. The molecule has 0 bridgehead atoms. The van der Waals surface area contributed by atoms with E-state index in [4.69, 9.17) is 12.2 Å². The SMILES string of the molecule is Cc1ccc2[nH][nH]c(=S)c2c1. The normalized spacial score (nSPS) is 10.6. The van der Waals surface area contributed by atoms with Crippen molar-refractivity contribution in [2.24, 2.45) is 0 Å². The van der Waals surface area contributed by atoms with Crippen LogP contribution in [0.2, 0.25) is 0 Å². The van der Waals surface area contributed by atoms with E-state index in [1.165, 1.54) is 5.56 Å². The largest absolute Gasteiger partial charge is 0.299 e. The summed E-state index contributed by atoms with van der Waals surface area (Å²) >= 11 is 5.06. The molecule has 56 valence electrons. The molecule has 1 aromatic heterocycles. The van der Waals surface area contributed by atoms with Crippen LogP contribution in [0.1, 0.15) is 5.56 Å². The zero-order chi connectivity index (χ0) is 7.84. The standard InChI is InChI=1S/C8H8N2S/c1-5-2-3-7-6(4-5)8(11)10-9-7/h2-4H,1H3,(H2,9,10,11). The molecular formula is C8H8N2S. The average Bonchev–Trinajstić information content (AvgIpc) is 2.33. The fraction of sp³-hybridized carbons (Fsp3) is 0.125. The van der Waals surface area contributed by atoms with Crippen molar-refractivity contribution >= 4 is 23.1 Å². The molecule has 0 atom stereocenters. The Bertz CT molecular complexity index is 439. The van der Waals surface area contributed by atoms with Gasteiger partial charge in [-0.1, -0.05) is 23.8 Å². The highest BCUT2D eigenvalue weighted by atomic mass is 32.1. The Labute approximate surface area is 69.2 Å². The summed E-state index contributed by atoms with van der Waals surface area (Å²) in [4.78, 5) is 0. The van der Waals surface area contributed by atoms with Crippen LogP contribution >= 0.6 is 12.2 Å². The Kier molecular flexibility index (Phi) is 1.32. The molecule has 3 heteroatoms. The molecule has 0 radical (unpaired) electrons. The van der Waals surface area contributed by atoms with Crippen LogP contribution in [0, 0.1) is 11.6 Å². The Morgan fingerprint density at radius 1 is 1.27 bits per heavy atom. The maximum atomic E-state index is 5.06. The van der Waals surface area contributed by atoms with Crippen LogP contribution in [-0.4, -0.2) is 10.2 Å². The second-order valence-electron chi connectivity index (χ2n) is 2.63. The van der Waals surface area contributed by atoms with Gasteiger partial charge in [-0.15, -0.1) is 0 Å². The fourth-order valence-corrected chi connectivity index (χ4v) is 1.37. The lowest BCUT2D eigenvalue weighted by molar-refractivity contribution is 1.11. The van der Waals surface area contributed by atoms with E-state index in [2.05, 4.69) is 29.3 Å². The molecule has 0 unspecified atom stereocenters. The molecule has 2 rings (SSSR count). The summed E-state index contributed by atoms with van der Waals surface area (Å²) in [6.45, 7) is 2.06. The highest BCUT2D eigenvalue weighted by molar-refractivity contribution is 7.71. The lowest BCUT2D eigenvalue weighted by Crippen LogP contribution is -1.70. The number of H-pyrrole nitrogens is 2. The first-order valence-electron chi connectivity index (χ1n) is 3.44. The Hall–Kier alpha value is -1.09. The molecule has 11 heavy (non-hydrogen) atoms. The first-order chi connectivity index (χ1) is 5.27. The lowest BCUT2D eigenvalue weighted by Gasteiger charge is -1.89. The number of fused-ring (bicyclic) bond motifs is 1. The van der Waals surface area contributed by atoms with E-state index in [1.807, 2.05) is 6.07 Å². The lowest BCUT2D eigenvalue weighted by atomic mass is 10.2. The van der Waals surface area contributed by atoms with E-state index in [-0.39, 0.29) is 0 Å². The number of rotatable bonds is 0. The monoisotopic (exact) mass is 164 g/mol. The van der Waals surface area contributed by atoms with E-state index in [0.717, 1.165) is 15.5 Å². The zero-order valence-electron chi connectivity index (χ0n) is 6.14. The van der Waals surface area contributed by atoms with Gasteiger partial charge in [-0.3, -0.25) is 10.2 Å². The van der Waals surface area contributed by atoms with Crippen molar-refractivity contribution in [1.29, 1.82) is 0 Å². The van der Waals surface area contributed by atoms with Crippen molar-refractivity contribution in [2.45, 2.75) is 6.92 Å². The summed E-state index contributed by atoms with van der Waals surface area (Å²) < 4.78 is 0.781. The van der Waals surface area contributed by atoms with Crippen molar-refractivity contribution in [2.75, 3.05) is 0 Å². The summed E-state index contributed by atoms with van der Waals surface area (Å²) in [5.74, 6) is 0. The van der Waals surface area contributed by atoms with Gasteiger partial charge in [0.15, 0.2) is 0 Å². The minimum atomic E-state index is 0.781. The van der Waals surface area contributed by atoms with Gasteiger partial charge in [-0.25, -0.2) is 0 Å². The van der Waals surface area contributed by atoms with Gasteiger partial charge >= 0.3 is 0 Å². The minimum absolute atomic E-state index is 0.781. The van der Waals surface area contributed by atoms with Gasteiger partial charge in [0, 0.05) is 5.39 Å². The topological polar surface area (TPSA) is 31.6 Å². The van der Waals surface area contributed by atoms with Gasteiger partial charge in [-0.05, 0) is 19.1 Å². The number of aryl methyl sites for hydroxylation is 1. The number of aromatic amines is 2. The van der Waals surface area contributed by atoms with Crippen molar-refractivity contribution in [3.8, 4) is 0 Å². The van der Waals surface area contributed by atoms with Gasteiger partial charge in [-0.2, -0.15) is 0 Å². The summed E-state index contributed by atoms with van der Waals surface area (Å²) in [5.41, 5.74) is 2.30. The molecule has 2 nitrogen and oxygen atoms in total. The van der Waals surface area contributed by atoms with Crippen molar-refractivity contribution in [3.63, 3.8) is 0 Å². The molecule has 0 aliphatic rings. The van der Waals surface area contributed by atoms with E-state index in [1.54, 1.807) is 0 Å². The van der Waals surface area contributed by atoms with Crippen LogP contribution in [0.4, 0.5) is 0 Å². The van der Waals surface area contributed by atoms with Crippen molar-refractivity contribution < 1.29 is 0 Å². The van der Waals surface area contributed by atoms with Crippen LogP contribution in [-0.2, 0) is 0 Å². The molecular weight excluding hydrogens is 156 g/mol. The van der Waals surface area contributed by atoms with Gasteiger partial charge in [0.2, 0.25) is 0 Å². The highest BCUT2D eigenvalue weighted by Crippen LogP contribution is 2.13.